The standard InChI is InChI=1S/C23H22Cl2N2O2/c1-3-28-23-12-18(14-26-27-19-9-10-20(24)21(25)13-19)8-11-22(23)29-15-17-6-4-16(2)5-7-17/h4-14,27H,3,15H2,1-2H3. The highest BCUT2D eigenvalue weighted by Crippen LogP contribution is 2.29. The predicted molar refractivity (Wildman–Crippen MR) is 121 cm³/mol. The lowest BCUT2D eigenvalue weighted by Gasteiger charge is -2.13. The minimum absolute atomic E-state index is 0.473. The van der Waals surface area contributed by atoms with Crippen LogP contribution in [0.2, 0.25) is 10.0 Å². The van der Waals surface area contributed by atoms with Crippen LogP contribution in [0.4, 0.5) is 5.69 Å². The SMILES string of the molecule is CCOc1cc(C=NNc2ccc(Cl)c(Cl)c2)ccc1OCc1ccc(C)cc1. The number of nitrogens with one attached hydrogen (secondary N) is 1. The van der Waals surface area contributed by atoms with Gasteiger partial charge in [0, 0.05) is 0 Å². The maximum absolute atomic E-state index is 6.01. The van der Waals surface area contributed by atoms with Crippen molar-refractivity contribution in [2.75, 3.05) is 12.0 Å². The van der Waals surface area contributed by atoms with Crippen LogP contribution in [0.15, 0.2) is 65.8 Å². The second-order valence-electron chi connectivity index (χ2n) is 6.41. The zero-order chi connectivity index (χ0) is 20.6. The molecule has 4 nitrogen and oxygen atoms in total. The Labute approximate surface area is 181 Å². The van der Waals surface area contributed by atoms with Crippen LogP contribution in [0.5, 0.6) is 11.5 Å². The van der Waals surface area contributed by atoms with Gasteiger partial charge in [-0.3, -0.25) is 5.43 Å². The lowest BCUT2D eigenvalue weighted by Crippen LogP contribution is -2.00. The Bertz CT molecular complexity index is 989. The molecule has 0 radical (unpaired) electrons. The first kappa shape index (κ1) is 21.0. The molecular formula is C23H22Cl2N2O2. The summed E-state index contributed by atoms with van der Waals surface area (Å²) >= 11 is 11.9. The van der Waals surface area contributed by atoms with E-state index >= 15 is 0 Å². The second kappa shape index (κ2) is 10.2. The molecule has 0 aliphatic carbocycles. The van der Waals surface area contributed by atoms with Crippen molar-refractivity contribution in [3.8, 4) is 11.5 Å². The average molecular weight is 429 g/mol. The number of hydrogen-bond donors (Lipinski definition) is 1. The summed E-state index contributed by atoms with van der Waals surface area (Å²) in [6.45, 7) is 5.03. The van der Waals surface area contributed by atoms with E-state index in [0.717, 1.165) is 16.8 Å². The molecule has 0 saturated heterocycles. The van der Waals surface area contributed by atoms with Crippen molar-refractivity contribution in [2.24, 2.45) is 5.10 Å². The van der Waals surface area contributed by atoms with Gasteiger partial charge in [0.2, 0.25) is 0 Å². The van der Waals surface area contributed by atoms with E-state index in [1.165, 1.54) is 5.56 Å². The number of aryl methyl sites for hydroxylation is 1. The molecule has 0 aliphatic rings. The summed E-state index contributed by atoms with van der Waals surface area (Å²) in [5, 5.41) is 5.22. The van der Waals surface area contributed by atoms with Crippen molar-refractivity contribution in [3.05, 3.63) is 87.4 Å². The maximum atomic E-state index is 6.01. The molecule has 0 aromatic heterocycles. The van der Waals surface area contributed by atoms with E-state index < -0.39 is 0 Å². The zero-order valence-corrected chi connectivity index (χ0v) is 17.8. The van der Waals surface area contributed by atoms with E-state index in [2.05, 4.69) is 41.7 Å². The Morgan fingerprint density at radius 2 is 1.69 bits per heavy atom. The minimum Gasteiger partial charge on any atom is -0.490 e. The van der Waals surface area contributed by atoms with Gasteiger partial charge in [0.25, 0.3) is 0 Å². The molecule has 3 rings (SSSR count). The summed E-state index contributed by atoms with van der Waals surface area (Å²) in [5.74, 6) is 1.38. The van der Waals surface area contributed by atoms with Gasteiger partial charge in [-0.15, -0.1) is 0 Å². The Morgan fingerprint density at radius 1 is 0.897 bits per heavy atom. The molecule has 29 heavy (non-hydrogen) atoms. The van der Waals surface area contributed by atoms with Gasteiger partial charge in [-0.05, 0) is 61.4 Å². The first-order valence-electron chi connectivity index (χ1n) is 9.24. The van der Waals surface area contributed by atoms with E-state index in [9.17, 15) is 0 Å². The van der Waals surface area contributed by atoms with Crippen LogP contribution in [0.3, 0.4) is 0 Å². The second-order valence-corrected chi connectivity index (χ2v) is 7.23. The molecule has 3 aromatic carbocycles. The van der Waals surface area contributed by atoms with Crippen molar-refractivity contribution >= 4 is 35.1 Å². The van der Waals surface area contributed by atoms with E-state index in [1.807, 2.05) is 25.1 Å². The molecule has 0 bridgehead atoms. The zero-order valence-electron chi connectivity index (χ0n) is 16.3. The average Bonchev–Trinajstić information content (AvgIpc) is 2.71. The highest BCUT2D eigenvalue weighted by atomic mass is 35.5. The van der Waals surface area contributed by atoms with Crippen LogP contribution in [0, 0.1) is 6.92 Å². The van der Waals surface area contributed by atoms with Gasteiger partial charge in [-0.2, -0.15) is 5.10 Å². The normalized spacial score (nSPS) is 10.9. The van der Waals surface area contributed by atoms with Crippen LogP contribution in [-0.4, -0.2) is 12.8 Å². The quantitative estimate of drug-likeness (QED) is 0.319. The van der Waals surface area contributed by atoms with Gasteiger partial charge in [0.15, 0.2) is 11.5 Å². The fourth-order valence-electron chi connectivity index (χ4n) is 2.58. The summed E-state index contributed by atoms with van der Waals surface area (Å²) < 4.78 is 11.7. The van der Waals surface area contributed by atoms with Gasteiger partial charge < -0.3 is 9.47 Å². The molecule has 3 aromatic rings. The predicted octanol–water partition coefficient (Wildman–Crippen LogP) is 6.73. The van der Waals surface area contributed by atoms with Crippen molar-refractivity contribution in [3.63, 3.8) is 0 Å². The van der Waals surface area contributed by atoms with Crippen molar-refractivity contribution in [2.45, 2.75) is 20.5 Å². The van der Waals surface area contributed by atoms with E-state index in [0.29, 0.717) is 34.8 Å². The van der Waals surface area contributed by atoms with E-state index in [-0.39, 0.29) is 0 Å². The number of nitrogens with zero attached hydrogens (tertiary/aromatic N) is 1. The van der Waals surface area contributed by atoms with E-state index in [1.54, 1.807) is 24.4 Å². The van der Waals surface area contributed by atoms with Gasteiger partial charge in [-0.1, -0.05) is 53.0 Å². The smallest absolute Gasteiger partial charge is 0.161 e. The topological polar surface area (TPSA) is 42.8 Å². The summed E-state index contributed by atoms with van der Waals surface area (Å²) in [7, 11) is 0. The van der Waals surface area contributed by atoms with Crippen LogP contribution >= 0.6 is 23.2 Å². The Kier molecular flexibility index (Phi) is 7.39. The molecule has 0 fully saturated rings. The lowest BCUT2D eigenvalue weighted by atomic mass is 10.2. The van der Waals surface area contributed by atoms with Crippen LogP contribution in [-0.2, 0) is 6.61 Å². The van der Waals surface area contributed by atoms with Gasteiger partial charge in [0.1, 0.15) is 6.61 Å². The van der Waals surface area contributed by atoms with Crippen molar-refractivity contribution in [1.29, 1.82) is 0 Å². The number of benzene rings is 3. The summed E-state index contributed by atoms with van der Waals surface area (Å²) in [6, 6.07) is 19.2. The first-order valence-corrected chi connectivity index (χ1v) is 10.00. The first-order chi connectivity index (χ1) is 14.0. The van der Waals surface area contributed by atoms with Gasteiger partial charge in [0.05, 0.1) is 28.6 Å². The van der Waals surface area contributed by atoms with Crippen LogP contribution < -0.4 is 14.9 Å². The Morgan fingerprint density at radius 3 is 2.41 bits per heavy atom. The number of hydrogen-bond acceptors (Lipinski definition) is 4. The van der Waals surface area contributed by atoms with Gasteiger partial charge in [-0.25, -0.2) is 0 Å². The largest absolute Gasteiger partial charge is 0.490 e. The van der Waals surface area contributed by atoms with E-state index in [4.69, 9.17) is 32.7 Å². The molecule has 0 saturated carbocycles. The fraction of sp³-hybridized carbons (Fsp3) is 0.174. The number of halogens is 2. The monoisotopic (exact) mass is 428 g/mol. The number of hydrazone groups is 1. The molecular weight excluding hydrogens is 407 g/mol. The third-order valence-electron chi connectivity index (χ3n) is 4.11. The highest BCUT2D eigenvalue weighted by molar-refractivity contribution is 6.42. The van der Waals surface area contributed by atoms with Crippen molar-refractivity contribution in [1.82, 2.24) is 0 Å². The summed E-state index contributed by atoms with van der Waals surface area (Å²) in [6.07, 6.45) is 1.70. The fourth-order valence-corrected chi connectivity index (χ4v) is 2.88. The number of rotatable bonds is 8. The molecule has 0 heterocycles. The van der Waals surface area contributed by atoms with Gasteiger partial charge >= 0.3 is 0 Å². The molecule has 0 amide bonds. The summed E-state index contributed by atoms with van der Waals surface area (Å²) in [4.78, 5) is 0. The third-order valence-corrected chi connectivity index (χ3v) is 4.85. The third kappa shape index (κ3) is 6.14. The highest BCUT2D eigenvalue weighted by Gasteiger charge is 2.07. The van der Waals surface area contributed by atoms with Crippen LogP contribution in [0.25, 0.3) is 0 Å². The lowest BCUT2D eigenvalue weighted by molar-refractivity contribution is 0.269. The molecule has 0 aliphatic heterocycles. The molecule has 6 heteroatoms. The summed E-state index contributed by atoms with van der Waals surface area (Å²) in [5.41, 5.74) is 6.89. The molecule has 0 spiro atoms. The molecule has 150 valence electrons. The molecule has 0 atom stereocenters. The maximum Gasteiger partial charge on any atom is 0.161 e. The Hall–Kier alpha value is -2.69. The van der Waals surface area contributed by atoms with Crippen LogP contribution in [0.1, 0.15) is 23.6 Å². The Balaban J connectivity index is 1.67. The molecule has 1 N–H and O–H groups in total. The number of anilines is 1. The minimum atomic E-state index is 0.473. The number of ether oxygens (including phenoxy) is 2. The van der Waals surface area contributed by atoms with Crippen molar-refractivity contribution < 1.29 is 9.47 Å². The molecule has 0 unspecified atom stereocenters.